The summed E-state index contributed by atoms with van der Waals surface area (Å²) in [4.78, 5) is 24.4. The van der Waals surface area contributed by atoms with Crippen LogP contribution in [0.3, 0.4) is 0 Å². The number of carbonyl (C=O) groups excluding carboxylic acids is 2. The summed E-state index contributed by atoms with van der Waals surface area (Å²) in [6, 6.07) is 11.6. The lowest BCUT2D eigenvalue weighted by molar-refractivity contribution is 0.0821. The molecule has 0 aliphatic carbocycles. The molecule has 0 unspecified atom stereocenters. The van der Waals surface area contributed by atoms with E-state index in [9.17, 15) is 19.8 Å². The van der Waals surface area contributed by atoms with Gasteiger partial charge in [0.05, 0.1) is 5.92 Å². The van der Waals surface area contributed by atoms with E-state index in [0.717, 1.165) is 0 Å². The average Bonchev–Trinajstić information content (AvgIpc) is 2.56. The fraction of sp³-hybridized carbons (Fsp3) is 0.111. The predicted molar refractivity (Wildman–Crippen MR) is 83.9 cm³/mol. The molecule has 2 rings (SSSR count). The quantitative estimate of drug-likeness (QED) is 0.516. The Bertz CT molecular complexity index is 609. The third kappa shape index (κ3) is 3.97. The third-order valence-corrected chi connectivity index (χ3v) is 3.09. The average molecular weight is 296 g/mol. The molecule has 0 fully saturated rings. The molecule has 22 heavy (non-hydrogen) atoms. The molecule has 2 N–H and O–H groups in total. The van der Waals surface area contributed by atoms with Crippen molar-refractivity contribution >= 4 is 11.6 Å². The summed E-state index contributed by atoms with van der Waals surface area (Å²) in [6.45, 7) is 1.55. The number of hydrogen-bond donors (Lipinski definition) is 2. The standard InChI is InChI=1S/C16H14O4.C2H2/c1-10(15(19)11-2-6-13(17)7-3-11)16(20)12-4-8-14(18)9-5-12;1-2/h2-10,17-18H,1H3;1-2H. The molecule has 0 aliphatic rings. The lowest BCUT2D eigenvalue weighted by Gasteiger charge is -2.10. The first-order chi connectivity index (χ1) is 10.5. The van der Waals surface area contributed by atoms with Gasteiger partial charge >= 0.3 is 0 Å². The Labute approximate surface area is 129 Å². The largest absolute Gasteiger partial charge is 0.508 e. The van der Waals surface area contributed by atoms with Crippen molar-refractivity contribution in [3.8, 4) is 24.3 Å². The number of phenols is 2. The van der Waals surface area contributed by atoms with Crippen LogP contribution in [0.4, 0.5) is 0 Å². The maximum absolute atomic E-state index is 12.2. The van der Waals surface area contributed by atoms with Crippen LogP contribution in [0.1, 0.15) is 27.6 Å². The van der Waals surface area contributed by atoms with E-state index >= 15 is 0 Å². The van der Waals surface area contributed by atoms with Gasteiger partial charge in [0.2, 0.25) is 0 Å². The minimum atomic E-state index is -0.816. The Kier molecular flexibility index (Phi) is 5.91. The molecule has 0 atom stereocenters. The number of ketones is 2. The zero-order valence-corrected chi connectivity index (χ0v) is 12.1. The van der Waals surface area contributed by atoms with Gasteiger partial charge in [-0.15, -0.1) is 12.8 Å². The van der Waals surface area contributed by atoms with E-state index < -0.39 is 5.92 Å². The second-order valence-corrected chi connectivity index (χ2v) is 4.54. The fourth-order valence-electron chi connectivity index (χ4n) is 1.87. The van der Waals surface area contributed by atoms with Crippen molar-refractivity contribution in [1.29, 1.82) is 0 Å². The van der Waals surface area contributed by atoms with Gasteiger partial charge < -0.3 is 10.2 Å². The van der Waals surface area contributed by atoms with E-state index in [-0.39, 0.29) is 23.1 Å². The van der Waals surface area contributed by atoms with Gasteiger partial charge in [0.1, 0.15) is 11.5 Å². The van der Waals surface area contributed by atoms with Crippen LogP contribution in [0.25, 0.3) is 0 Å². The van der Waals surface area contributed by atoms with Crippen molar-refractivity contribution in [2.24, 2.45) is 5.92 Å². The van der Waals surface area contributed by atoms with Gasteiger partial charge in [-0.05, 0) is 55.5 Å². The molecule has 0 bridgehead atoms. The van der Waals surface area contributed by atoms with E-state index in [1.807, 2.05) is 0 Å². The molecule has 112 valence electrons. The molecule has 0 saturated carbocycles. The highest BCUT2D eigenvalue weighted by Crippen LogP contribution is 2.18. The number of rotatable bonds is 4. The third-order valence-electron chi connectivity index (χ3n) is 3.09. The minimum Gasteiger partial charge on any atom is -0.508 e. The molecule has 0 spiro atoms. The molecule has 0 radical (unpaired) electrons. The lowest BCUT2D eigenvalue weighted by atomic mass is 9.91. The molecule has 0 heterocycles. The highest BCUT2D eigenvalue weighted by Gasteiger charge is 2.23. The Hall–Kier alpha value is -3.06. The van der Waals surface area contributed by atoms with E-state index in [4.69, 9.17) is 0 Å². The van der Waals surface area contributed by atoms with Gasteiger partial charge in [-0.1, -0.05) is 0 Å². The first-order valence-corrected chi connectivity index (χ1v) is 6.49. The number of hydrogen-bond acceptors (Lipinski definition) is 4. The van der Waals surface area contributed by atoms with Crippen molar-refractivity contribution in [1.82, 2.24) is 0 Å². The summed E-state index contributed by atoms with van der Waals surface area (Å²) in [5.41, 5.74) is 0.754. The van der Waals surface area contributed by atoms with Gasteiger partial charge in [-0.3, -0.25) is 9.59 Å². The van der Waals surface area contributed by atoms with Crippen molar-refractivity contribution in [3.63, 3.8) is 0 Å². The molecule has 0 saturated heterocycles. The van der Waals surface area contributed by atoms with Gasteiger partial charge in [0.25, 0.3) is 0 Å². The molecule has 0 aromatic heterocycles. The number of carbonyl (C=O) groups is 2. The van der Waals surface area contributed by atoms with Crippen LogP contribution in [0.5, 0.6) is 11.5 Å². The van der Waals surface area contributed by atoms with Crippen molar-refractivity contribution in [3.05, 3.63) is 59.7 Å². The Morgan fingerprint density at radius 3 is 1.32 bits per heavy atom. The molecule has 0 aliphatic heterocycles. The molecule has 2 aromatic rings. The first kappa shape index (κ1) is 17.0. The van der Waals surface area contributed by atoms with Gasteiger partial charge in [-0.25, -0.2) is 0 Å². The SMILES string of the molecule is C#C.CC(C(=O)c1ccc(O)cc1)C(=O)c1ccc(O)cc1. The number of benzene rings is 2. The smallest absolute Gasteiger partial charge is 0.173 e. The van der Waals surface area contributed by atoms with Crippen LogP contribution in [0.15, 0.2) is 48.5 Å². The molecule has 4 heteroatoms. The van der Waals surface area contributed by atoms with E-state index in [1.54, 1.807) is 6.92 Å². The van der Waals surface area contributed by atoms with Crippen LogP contribution in [-0.2, 0) is 0 Å². The highest BCUT2D eigenvalue weighted by molar-refractivity contribution is 6.15. The number of terminal acetylenes is 1. The van der Waals surface area contributed by atoms with Crippen molar-refractivity contribution in [2.75, 3.05) is 0 Å². The van der Waals surface area contributed by atoms with Crippen LogP contribution in [0.2, 0.25) is 0 Å². The molecule has 0 amide bonds. The van der Waals surface area contributed by atoms with Gasteiger partial charge in [-0.2, -0.15) is 0 Å². The van der Waals surface area contributed by atoms with Crippen molar-refractivity contribution < 1.29 is 19.8 Å². The maximum Gasteiger partial charge on any atom is 0.173 e. The zero-order valence-electron chi connectivity index (χ0n) is 12.1. The molecule has 2 aromatic carbocycles. The summed E-state index contributed by atoms with van der Waals surface area (Å²) in [6.07, 6.45) is 8.00. The second kappa shape index (κ2) is 7.65. The molecule has 4 nitrogen and oxygen atoms in total. The van der Waals surface area contributed by atoms with Crippen molar-refractivity contribution in [2.45, 2.75) is 6.92 Å². The Balaban J connectivity index is 0.00000116. The van der Waals surface area contributed by atoms with Crippen LogP contribution in [0, 0.1) is 18.8 Å². The van der Waals surface area contributed by atoms with Gasteiger partial charge in [0, 0.05) is 11.1 Å². The Morgan fingerprint density at radius 1 is 0.773 bits per heavy atom. The van der Waals surface area contributed by atoms with Gasteiger partial charge in [0.15, 0.2) is 11.6 Å². The minimum absolute atomic E-state index is 0.0686. The fourth-order valence-corrected chi connectivity index (χ4v) is 1.87. The van der Waals surface area contributed by atoms with E-state index in [2.05, 4.69) is 12.8 Å². The van der Waals surface area contributed by atoms with E-state index in [1.165, 1.54) is 48.5 Å². The topological polar surface area (TPSA) is 74.6 Å². The maximum atomic E-state index is 12.2. The summed E-state index contributed by atoms with van der Waals surface area (Å²) in [5.74, 6) is -1.28. The first-order valence-electron chi connectivity index (χ1n) is 6.49. The van der Waals surface area contributed by atoms with Crippen LogP contribution >= 0.6 is 0 Å². The predicted octanol–water partition coefficient (Wildman–Crippen LogP) is 3.05. The summed E-state index contributed by atoms with van der Waals surface area (Å²) in [5, 5.41) is 18.4. The number of phenolic OH excluding ortho intramolecular Hbond substituents is 2. The Morgan fingerprint density at radius 2 is 1.05 bits per heavy atom. The highest BCUT2D eigenvalue weighted by atomic mass is 16.3. The van der Waals surface area contributed by atoms with Crippen LogP contribution in [-0.4, -0.2) is 21.8 Å². The number of Topliss-reactive ketones (excluding diaryl/α,β-unsaturated/α-hetero) is 2. The molecular weight excluding hydrogens is 280 g/mol. The second-order valence-electron chi connectivity index (χ2n) is 4.54. The summed E-state index contributed by atoms with van der Waals surface area (Å²) >= 11 is 0. The van der Waals surface area contributed by atoms with Crippen LogP contribution < -0.4 is 0 Å². The summed E-state index contributed by atoms with van der Waals surface area (Å²) in [7, 11) is 0. The monoisotopic (exact) mass is 296 g/mol. The zero-order chi connectivity index (χ0) is 16.7. The van der Waals surface area contributed by atoms with E-state index in [0.29, 0.717) is 11.1 Å². The number of aromatic hydroxyl groups is 2. The normalized spacial score (nSPS) is 9.64. The molecular formula is C18H16O4. The lowest BCUT2D eigenvalue weighted by Crippen LogP contribution is -2.21. The summed E-state index contributed by atoms with van der Waals surface area (Å²) < 4.78 is 0.